The highest BCUT2D eigenvalue weighted by molar-refractivity contribution is 5.99. The van der Waals surface area contributed by atoms with Gasteiger partial charge < -0.3 is 14.8 Å². The van der Waals surface area contributed by atoms with E-state index in [4.69, 9.17) is 4.84 Å². The molecule has 9 nitrogen and oxygen atoms in total. The number of carbonyl (C=O) groups is 2. The molecule has 3 aromatic rings. The standard InChI is InChI=1S/C15H13NO2.C14H18N2O4/c1-12(13-8-4-2-5-9-13)16-18-15(17)14-10-6-3-7-11-14;17-14(18)15(12-7-2-1-3-8-12)10-11-6-4-5-9-13(11)16(19)20/h2-11H,1H3;4-6,9,12H,1-3,7-8,10H2,(H,17,18). The molecular weight excluding hydrogens is 486 g/mol. The molecule has 0 aromatic heterocycles. The lowest BCUT2D eigenvalue weighted by Gasteiger charge is -2.32. The van der Waals surface area contributed by atoms with Gasteiger partial charge in [-0.15, -0.1) is 0 Å². The van der Waals surface area contributed by atoms with Crippen molar-refractivity contribution in [3.63, 3.8) is 0 Å². The van der Waals surface area contributed by atoms with Gasteiger partial charge in [-0.25, -0.2) is 9.59 Å². The van der Waals surface area contributed by atoms with Gasteiger partial charge in [0.25, 0.3) is 5.69 Å². The summed E-state index contributed by atoms with van der Waals surface area (Å²) in [6.45, 7) is 1.88. The molecule has 0 bridgehead atoms. The summed E-state index contributed by atoms with van der Waals surface area (Å²) in [4.78, 5) is 39.9. The second-order valence-electron chi connectivity index (χ2n) is 8.88. The predicted octanol–water partition coefficient (Wildman–Crippen LogP) is 6.68. The minimum atomic E-state index is -1.00. The summed E-state index contributed by atoms with van der Waals surface area (Å²) in [6, 6.07) is 24.7. The summed E-state index contributed by atoms with van der Waals surface area (Å²) in [7, 11) is 0. The Kier molecular flexibility index (Phi) is 10.5. The van der Waals surface area contributed by atoms with Crippen molar-refractivity contribution in [1.82, 2.24) is 4.90 Å². The van der Waals surface area contributed by atoms with Crippen molar-refractivity contribution >= 4 is 23.5 Å². The van der Waals surface area contributed by atoms with E-state index in [1.807, 2.05) is 36.4 Å². The number of hydrogen-bond acceptors (Lipinski definition) is 6. The number of amides is 1. The number of para-hydroxylation sites is 1. The maximum Gasteiger partial charge on any atom is 0.407 e. The normalized spacial score (nSPS) is 13.6. The van der Waals surface area contributed by atoms with E-state index >= 15 is 0 Å². The van der Waals surface area contributed by atoms with Gasteiger partial charge in [-0.3, -0.25) is 10.1 Å². The van der Waals surface area contributed by atoms with Crippen LogP contribution in [0.3, 0.4) is 0 Å². The van der Waals surface area contributed by atoms with Gasteiger partial charge in [0.05, 0.1) is 22.7 Å². The Bertz CT molecular complexity index is 1240. The van der Waals surface area contributed by atoms with Crippen LogP contribution in [0.1, 0.15) is 60.5 Å². The number of hydrogen-bond donors (Lipinski definition) is 1. The van der Waals surface area contributed by atoms with Crippen LogP contribution in [0.5, 0.6) is 0 Å². The number of nitro groups is 1. The molecule has 1 N–H and O–H groups in total. The third kappa shape index (κ3) is 8.26. The van der Waals surface area contributed by atoms with Crippen molar-refractivity contribution < 1.29 is 24.5 Å². The lowest BCUT2D eigenvalue weighted by atomic mass is 9.94. The lowest BCUT2D eigenvalue weighted by molar-refractivity contribution is -0.385. The molecule has 1 saturated carbocycles. The summed E-state index contributed by atoms with van der Waals surface area (Å²) in [5.41, 5.74) is 2.51. The molecule has 0 aliphatic heterocycles. The first-order valence-corrected chi connectivity index (χ1v) is 12.4. The minimum absolute atomic E-state index is 0.0189. The number of carboxylic acid groups (broad SMARTS) is 1. The molecule has 0 unspecified atom stereocenters. The highest BCUT2D eigenvalue weighted by Crippen LogP contribution is 2.26. The average molecular weight is 518 g/mol. The SMILES string of the molecule is CC(=NOC(=O)c1ccccc1)c1ccccc1.O=C(O)N(Cc1ccccc1[N+](=O)[O-])C1CCCCC1. The second kappa shape index (κ2) is 14.3. The highest BCUT2D eigenvalue weighted by Gasteiger charge is 2.27. The largest absolute Gasteiger partial charge is 0.465 e. The van der Waals surface area contributed by atoms with Gasteiger partial charge in [-0.05, 0) is 37.5 Å². The van der Waals surface area contributed by atoms with Crippen LogP contribution in [0.15, 0.2) is 90.1 Å². The summed E-state index contributed by atoms with van der Waals surface area (Å²) in [5.74, 6) is -0.453. The molecule has 3 aromatic carbocycles. The summed E-state index contributed by atoms with van der Waals surface area (Å²) >= 11 is 0. The predicted molar refractivity (Wildman–Crippen MR) is 144 cm³/mol. The van der Waals surface area contributed by atoms with Gasteiger partial charge in [0.15, 0.2) is 0 Å². The Morgan fingerprint density at radius 2 is 1.47 bits per heavy atom. The second-order valence-corrected chi connectivity index (χ2v) is 8.88. The van der Waals surface area contributed by atoms with Crippen molar-refractivity contribution in [2.45, 2.75) is 51.6 Å². The van der Waals surface area contributed by atoms with Gasteiger partial charge in [0.2, 0.25) is 0 Å². The Labute approximate surface area is 221 Å². The van der Waals surface area contributed by atoms with Crippen LogP contribution in [0, 0.1) is 10.1 Å². The number of oxime groups is 1. The zero-order chi connectivity index (χ0) is 27.3. The molecule has 0 spiro atoms. The van der Waals surface area contributed by atoms with E-state index in [0.29, 0.717) is 16.8 Å². The number of carbonyl (C=O) groups excluding carboxylic acids is 1. The monoisotopic (exact) mass is 517 g/mol. The molecule has 1 aliphatic carbocycles. The Hall–Kier alpha value is -4.53. The van der Waals surface area contributed by atoms with E-state index in [2.05, 4.69) is 5.16 Å². The Morgan fingerprint density at radius 3 is 2.05 bits per heavy atom. The van der Waals surface area contributed by atoms with E-state index in [1.165, 1.54) is 11.0 Å². The molecule has 4 rings (SSSR count). The summed E-state index contributed by atoms with van der Waals surface area (Å²) < 4.78 is 0. The molecule has 1 aliphatic rings. The van der Waals surface area contributed by atoms with Crippen LogP contribution < -0.4 is 0 Å². The number of nitro benzene ring substituents is 1. The molecule has 38 heavy (non-hydrogen) atoms. The van der Waals surface area contributed by atoms with Gasteiger partial charge in [0, 0.05) is 17.7 Å². The van der Waals surface area contributed by atoms with Crippen molar-refractivity contribution in [2.24, 2.45) is 5.16 Å². The molecular formula is C29H31N3O6. The summed E-state index contributed by atoms with van der Waals surface area (Å²) in [6.07, 6.45) is 3.85. The fourth-order valence-corrected chi connectivity index (χ4v) is 4.22. The first kappa shape index (κ1) is 28.0. The molecule has 9 heteroatoms. The Balaban J connectivity index is 0.000000212. The van der Waals surface area contributed by atoms with Gasteiger partial charge >= 0.3 is 12.1 Å². The number of benzene rings is 3. The first-order valence-electron chi connectivity index (χ1n) is 12.4. The molecule has 0 heterocycles. The molecule has 1 amide bonds. The quantitative estimate of drug-likeness (QED) is 0.161. The number of rotatable bonds is 7. The van der Waals surface area contributed by atoms with Crippen LogP contribution >= 0.6 is 0 Å². The smallest absolute Gasteiger partial charge is 0.407 e. The molecule has 0 saturated heterocycles. The first-order chi connectivity index (χ1) is 18.4. The summed E-state index contributed by atoms with van der Waals surface area (Å²) in [5, 5.41) is 24.2. The van der Waals surface area contributed by atoms with E-state index in [0.717, 1.165) is 37.7 Å². The molecule has 0 radical (unpaired) electrons. The maximum atomic E-state index is 11.7. The number of nitrogens with zero attached hydrogens (tertiary/aromatic N) is 3. The van der Waals surface area contributed by atoms with Crippen molar-refractivity contribution in [1.29, 1.82) is 0 Å². The topological polar surface area (TPSA) is 122 Å². The van der Waals surface area contributed by atoms with E-state index < -0.39 is 17.0 Å². The van der Waals surface area contributed by atoms with E-state index in [1.54, 1.807) is 49.4 Å². The molecule has 198 valence electrons. The van der Waals surface area contributed by atoms with E-state index in [9.17, 15) is 24.8 Å². The van der Waals surface area contributed by atoms with Crippen molar-refractivity contribution in [2.75, 3.05) is 0 Å². The third-order valence-electron chi connectivity index (χ3n) is 6.26. The minimum Gasteiger partial charge on any atom is -0.465 e. The van der Waals surface area contributed by atoms with Gasteiger partial charge in [-0.2, -0.15) is 0 Å². The van der Waals surface area contributed by atoms with Crippen LogP contribution in [-0.4, -0.2) is 38.7 Å². The van der Waals surface area contributed by atoms with Crippen LogP contribution in [-0.2, 0) is 11.4 Å². The van der Waals surface area contributed by atoms with Gasteiger partial charge in [-0.1, -0.05) is 91.1 Å². The third-order valence-corrected chi connectivity index (χ3v) is 6.26. The van der Waals surface area contributed by atoms with E-state index in [-0.39, 0.29) is 18.3 Å². The zero-order valence-electron chi connectivity index (χ0n) is 21.2. The van der Waals surface area contributed by atoms with Crippen molar-refractivity contribution in [3.05, 3.63) is 112 Å². The van der Waals surface area contributed by atoms with Crippen LogP contribution in [0.25, 0.3) is 0 Å². The zero-order valence-corrected chi connectivity index (χ0v) is 21.2. The fourth-order valence-electron chi connectivity index (χ4n) is 4.22. The van der Waals surface area contributed by atoms with Crippen molar-refractivity contribution in [3.8, 4) is 0 Å². The molecule has 1 fully saturated rings. The Morgan fingerprint density at radius 1 is 0.921 bits per heavy atom. The van der Waals surface area contributed by atoms with Crippen LogP contribution in [0.2, 0.25) is 0 Å². The molecule has 0 atom stereocenters. The van der Waals surface area contributed by atoms with Gasteiger partial charge in [0.1, 0.15) is 0 Å². The maximum absolute atomic E-state index is 11.7. The van der Waals surface area contributed by atoms with Crippen LogP contribution in [0.4, 0.5) is 10.5 Å². The fraction of sp³-hybridized carbons (Fsp3) is 0.276. The lowest BCUT2D eigenvalue weighted by Crippen LogP contribution is -2.40. The average Bonchev–Trinajstić information content (AvgIpc) is 2.96. The highest BCUT2D eigenvalue weighted by atomic mass is 16.7.